The lowest BCUT2D eigenvalue weighted by Crippen LogP contribution is -2.76. The second kappa shape index (κ2) is 48.2. The number of nitrogens with one attached hydrogen (secondary N) is 2. The van der Waals surface area contributed by atoms with Gasteiger partial charge >= 0.3 is 11.8 Å². The molecule has 0 spiro atoms. The molecule has 11 nitrogen and oxygen atoms in total. The van der Waals surface area contributed by atoms with Crippen LogP contribution in [0.5, 0.6) is 0 Å². The Kier molecular flexibility index (Phi) is 49.9. The number of ether oxygens (including phenoxy) is 2. The van der Waals surface area contributed by atoms with Crippen molar-refractivity contribution in [3.8, 4) is 0 Å². The molecule has 2 aliphatic rings. The molecule has 2 saturated carbocycles. The first-order valence-electron chi connectivity index (χ1n) is 20.8. The topological polar surface area (TPSA) is 233 Å². The molecule has 0 aromatic rings. The average Bonchev–Trinajstić information content (AvgIpc) is 3.17. The largest absolute Gasteiger partial charge is 0.451 e. The Morgan fingerprint density at radius 3 is 1.40 bits per heavy atom. The number of thiol groups is 2. The maximum absolute atomic E-state index is 6.12. The van der Waals surface area contributed by atoms with Crippen molar-refractivity contribution in [2.45, 2.75) is 125 Å². The molecule has 2 fully saturated rings. The van der Waals surface area contributed by atoms with Gasteiger partial charge in [-0.05, 0) is 76.0 Å². The van der Waals surface area contributed by atoms with Crippen molar-refractivity contribution in [2.75, 3.05) is 82.2 Å². The SMILES string of the molecule is COC(=[NH2+])CCCCCCC(=[NH2+])OC.CSCC[NH+]=C(N)CCCCCCC(N)=[NH+]CCSC1CCC1C.NCCSC1CCC1SCCN.O.[2HH].[2H]CS.[2H]SC. The van der Waals surface area contributed by atoms with Gasteiger partial charge in [-0.1, -0.05) is 32.6 Å². The van der Waals surface area contributed by atoms with Crippen LogP contribution in [0.3, 0.4) is 0 Å². The molecule has 2 rings (SSSR count). The van der Waals surface area contributed by atoms with Crippen molar-refractivity contribution < 1.29 is 38.6 Å². The monoisotopic (exact) mass is 902 g/mol. The van der Waals surface area contributed by atoms with E-state index in [-0.39, 0.29) is 13.1 Å². The summed E-state index contributed by atoms with van der Waals surface area (Å²) in [6.45, 7) is 5.97. The Labute approximate surface area is 369 Å². The molecule has 0 aliphatic heterocycles. The van der Waals surface area contributed by atoms with E-state index in [1.54, 1.807) is 20.5 Å². The van der Waals surface area contributed by atoms with Gasteiger partial charge < -0.3 is 26.4 Å². The van der Waals surface area contributed by atoms with E-state index < -0.39 is 0 Å². The summed E-state index contributed by atoms with van der Waals surface area (Å²) in [6, 6.07) is 0. The highest BCUT2D eigenvalue weighted by molar-refractivity contribution is 8.04. The number of thioether (sulfide) groups is 4. The summed E-state index contributed by atoms with van der Waals surface area (Å²) < 4.78 is 21.9. The van der Waals surface area contributed by atoms with E-state index in [0.29, 0.717) is 11.8 Å². The average molecular weight is 903 g/mol. The standard InChI is InChI=1S/C18H36N4S2.C10H20N2O2.C8H18N2S2.2CH4S.H2O.H2/c1-15-9-10-16(15)24-14-12-22-18(20)8-6-4-3-5-7-17(19)21-11-13-23-2;1-13-9(11)7-5-3-4-6-8-10(12)14-2;9-3-5-11-7-1-2-8(7)12-6-4-10;2*1-2;;/h15-16H,3-14H2,1-2H3,(H2,19,21)(H2,20,22);11-12H,3-8H2,1-2H3;7-8H,1-6,9-10H2;2*2H,1H3;1H2;1H/p+4/i;;;1D;;;1+1/hD. The van der Waals surface area contributed by atoms with Crippen LogP contribution in [-0.2, 0) is 9.47 Å². The predicted molar refractivity (Wildman–Crippen MR) is 262 cm³/mol. The van der Waals surface area contributed by atoms with E-state index in [4.69, 9.17) is 45.7 Å². The molecular formula is C38H90N8O3S6+4. The van der Waals surface area contributed by atoms with E-state index in [2.05, 4.69) is 47.6 Å². The first-order chi connectivity index (χ1) is 27.0. The maximum atomic E-state index is 6.12. The number of unbranched alkanes of at least 4 members (excludes halogenated alkanes) is 6. The summed E-state index contributed by atoms with van der Waals surface area (Å²) in [5, 5.41) is 13.6. The Morgan fingerprint density at radius 1 is 0.727 bits per heavy atom. The molecule has 55 heavy (non-hydrogen) atoms. The third-order valence-corrected chi connectivity index (χ3v) is 14.1. The third-order valence-electron chi connectivity index (χ3n) is 8.80. The molecule has 0 bridgehead atoms. The summed E-state index contributed by atoms with van der Waals surface area (Å²) in [5.41, 5.74) is 22.9. The smallest absolute Gasteiger partial charge is 0.332 e. The van der Waals surface area contributed by atoms with Gasteiger partial charge in [0.15, 0.2) is 0 Å². The number of nitrogens with two attached hydrogens (primary N) is 6. The summed E-state index contributed by atoms with van der Waals surface area (Å²) in [6.07, 6.45) is 22.5. The maximum Gasteiger partial charge on any atom is 0.332 e. The van der Waals surface area contributed by atoms with E-state index in [9.17, 15) is 0 Å². The fourth-order valence-electron chi connectivity index (χ4n) is 5.20. The van der Waals surface area contributed by atoms with Crippen molar-refractivity contribution in [3.63, 3.8) is 0 Å². The third kappa shape index (κ3) is 40.4. The van der Waals surface area contributed by atoms with E-state index in [1.165, 1.54) is 57.1 Å². The Balaban J connectivity index is -0.000000236. The van der Waals surface area contributed by atoms with Gasteiger partial charge in [-0.2, -0.15) is 72.2 Å². The van der Waals surface area contributed by atoms with Crippen LogP contribution in [0, 0.1) is 5.92 Å². The highest BCUT2D eigenvalue weighted by atomic mass is 32.2. The van der Waals surface area contributed by atoms with E-state index in [1.807, 2.05) is 35.3 Å². The quantitative estimate of drug-likeness (QED) is 0.0237. The minimum atomic E-state index is 0. The van der Waals surface area contributed by atoms with E-state index in [0.717, 1.165) is 141 Å². The Hall–Kier alpha value is -0.140. The van der Waals surface area contributed by atoms with Crippen LogP contribution in [0.25, 0.3) is 0 Å². The number of hydrogen-bond acceptors (Lipinski definition) is 10. The van der Waals surface area contributed by atoms with Gasteiger partial charge in [-0.3, -0.25) is 21.5 Å². The zero-order chi connectivity index (χ0) is 42.7. The predicted octanol–water partition coefficient (Wildman–Crippen LogP) is 0.447. The fraction of sp³-hybridized carbons (Fsp3) is 0.895. The van der Waals surface area contributed by atoms with Gasteiger partial charge in [-0.25, -0.2) is 10.8 Å². The number of rotatable bonds is 27. The van der Waals surface area contributed by atoms with Crippen LogP contribution in [0.4, 0.5) is 0 Å². The first-order valence-corrected chi connectivity index (χ1v) is 25.7. The normalized spacial score (nSPS) is 18.8. The van der Waals surface area contributed by atoms with Gasteiger partial charge in [0.05, 0.1) is 40.2 Å². The number of amidine groups is 2. The number of methoxy groups -OCH3 is 2. The van der Waals surface area contributed by atoms with Gasteiger partial charge in [0.1, 0.15) is 1.12 Å². The molecule has 0 heterocycles. The Morgan fingerprint density at radius 2 is 1.09 bits per heavy atom. The molecule has 0 radical (unpaired) electrons. The van der Waals surface area contributed by atoms with Crippen molar-refractivity contribution in [3.05, 3.63) is 0 Å². The molecule has 0 amide bonds. The van der Waals surface area contributed by atoms with Gasteiger partial charge in [0.25, 0.3) is 0 Å². The summed E-state index contributed by atoms with van der Waals surface area (Å²) in [7, 11) is 3.20. The molecule has 4 atom stereocenters. The summed E-state index contributed by atoms with van der Waals surface area (Å²) in [5.74, 6) is 8.57. The molecule has 0 saturated heterocycles. The van der Waals surface area contributed by atoms with Gasteiger partial charge in [-0.15, -0.1) is 0 Å². The molecular weight excluding hydrogens is 809 g/mol. The van der Waals surface area contributed by atoms with Crippen molar-refractivity contribution in [1.82, 2.24) is 0 Å². The second-order valence-corrected chi connectivity index (χ2v) is 18.0. The lowest BCUT2D eigenvalue weighted by molar-refractivity contribution is -0.453. The summed E-state index contributed by atoms with van der Waals surface area (Å²) in [4.78, 5) is 6.65. The van der Waals surface area contributed by atoms with Crippen LogP contribution in [0.1, 0.15) is 112 Å². The minimum Gasteiger partial charge on any atom is -0.451 e. The van der Waals surface area contributed by atoms with Crippen LogP contribution in [-0.4, -0.2) is 128 Å². The molecule has 4 unspecified atom stereocenters. The van der Waals surface area contributed by atoms with Crippen LogP contribution < -0.4 is 43.7 Å². The summed E-state index contributed by atoms with van der Waals surface area (Å²) >= 11 is 12.5. The van der Waals surface area contributed by atoms with Gasteiger partial charge in [0, 0.05) is 67.5 Å². The van der Waals surface area contributed by atoms with Crippen molar-refractivity contribution in [2.24, 2.45) is 28.9 Å². The van der Waals surface area contributed by atoms with E-state index >= 15 is 0 Å². The molecule has 17 heteroatoms. The molecule has 16 N–H and O–H groups in total. The fourth-order valence-corrected chi connectivity index (χ4v) is 9.45. The van der Waals surface area contributed by atoms with Crippen LogP contribution in [0.2, 0.25) is 0 Å². The number of hydrogen-bond donors (Lipinski definition) is 10. The lowest BCUT2D eigenvalue weighted by Gasteiger charge is -2.35. The first kappa shape index (κ1) is 57.0. The molecule has 2 aliphatic carbocycles. The highest BCUT2D eigenvalue weighted by Gasteiger charge is 2.30. The lowest BCUT2D eigenvalue weighted by atomic mass is 9.87. The van der Waals surface area contributed by atoms with Crippen molar-refractivity contribution >= 4 is 95.7 Å². The Bertz CT molecular complexity index is 924. The van der Waals surface area contributed by atoms with Crippen molar-refractivity contribution in [1.29, 1.82) is 1.12 Å². The zero-order valence-electron chi connectivity index (χ0n) is 37.3. The van der Waals surface area contributed by atoms with Crippen LogP contribution >= 0.6 is 72.2 Å². The van der Waals surface area contributed by atoms with Gasteiger partial charge in [0.2, 0.25) is 11.7 Å². The second-order valence-electron chi connectivity index (χ2n) is 13.0. The highest BCUT2D eigenvalue weighted by Crippen LogP contribution is 2.39. The minimum absolute atomic E-state index is 0. The molecule has 0 aromatic carbocycles. The molecule has 0 aromatic heterocycles. The van der Waals surface area contributed by atoms with Crippen LogP contribution in [0.15, 0.2) is 0 Å². The molecule has 332 valence electrons. The zero-order valence-corrected chi connectivity index (χ0v) is 40.2.